The predicted octanol–water partition coefficient (Wildman–Crippen LogP) is 0.994. The van der Waals surface area contributed by atoms with Gasteiger partial charge in [0.05, 0.1) is 5.92 Å². The summed E-state index contributed by atoms with van der Waals surface area (Å²) < 4.78 is 4.89. The monoisotopic (exact) mass is 288 g/mol. The molecule has 2 atom stereocenters. The highest BCUT2D eigenvalue weighted by Gasteiger charge is 2.27. The summed E-state index contributed by atoms with van der Waals surface area (Å²) in [5, 5.41) is 11.7. The fourth-order valence-corrected chi connectivity index (χ4v) is 2.00. The molecule has 4 N–H and O–H groups in total. The second kappa shape index (κ2) is 8.92. The van der Waals surface area contributed by atoms with Gasteiger partial charge in [-0.25, -0.2) is 4.79 Å². The summed E-state index contributed by atoms with van der Waals surface area (Å²) in [6.45, 7) is 6.76. The van der Waals surface area contributed by atoms with E-state index in [-0.39, 0.29) is 23.8 Å². The van der Waals surface area contributed by atoms with E-state index >= 15 is 0 Å². The van der Waals surface area contributed by atoms with Gasteiger partial charge in [-0.05, 0) is 24.7 Å². The number of amides is 1. The van der Waals surface area contributed by atoms with Gasteiger partial charge < -0.3 is 20.9 Å². The van der Waals surface area contributed by atoms with E-state index < -0.39 is 12.0 Å². The molecule has 0 spiro atoms. The number of ether oxygens (including phenoxy) is 1. The Morgan fingerprint density at radius 2 is 1.95 bits per heavy atom. The van der Waals surface area contributed by atoms with Gasteiger partial charge in [0.15, 0.2) is 0 Å². The van der Waals surface area contributed by atoms with Crippen molar-refractivity contribution < 1.29 is 19.4 Å². The minimum atomic E-state index is -1.03. The Balaban J connectivity index is 4.52. The second-order valence-electron chi connectivity index (χ2n) is 6.23. The molecule has 118 valence electrons. The highest BCUT2D eigenvalue weighted by atomic mass is 16.5. The van der Waals surface area contributed by atoms with Crippen molar-refractivity contribution in [2.45, 2.75) is 46.1 Å². The fourth-order valence-electron chi connectivity index (χ4n) is 2.00. The van der Waals surface area contributed by atoms with Gasteiger partial charge >= 0.3 is 5.97 Å². The van der Waals surface area contributed by atoms with Crippen LogP contribution in [0.15, 0.2) is 0 Å². The Bertz CT molecular complexity index is 313. The molecule has 0 heterocycles. The van der Waals surface area contributed by atoms with E-state index in [0.29, 0.717) is 25.9 Å². The summed E-state index contributed by atoms with van der Waals surface area (Å²) in [5.41, 5.74) is 5.59. The average Bonchev–Trinajstić information content (AvgIpc) is 2.33. The van der Waals surface area contributed by atoms with Crippen LogP contribution < -0.4 is 11.1 Å². The summed E-state index contributed by atoms with van der Waals surface area (Å²) in [4.78, 5) is 23.3. The molecule has 0 fully saturated rings. The normalized spacial score (nSPS) is 14.7. The van der Waals surface area contributed by atoms with E-state index in [9.17, 15) is 9.59 Å². The van der Waals surface area contributed by atoms with Crippen molar-refractivity contribution in [3.05, 3.63) is 0 Å². The first-order valence-electron chi connectivity index (χ1n) is 6.93. The summed E-state index contributed by atoms with van der Waals surface area (Å²) in [6.07, 6.45) is 1.56. The maximum atomic E-state index is 12.1. The first-order chi connectivity index (χ1) is 9.21. The van der Waals surface area contributed by atoms with Gasteiger partial charge in [0.2, 0.25) is 5.91 Å². The zero-order valence-corrected chi connectivity index (χ0v) is 12.9. The summed E-state index contributed by atoms with van der Waals surface area (Å²) >= 11 is 0. The summed E-state index contributed by atoms with van der Waals surface area (Å²) in [7, 11) is 1.56. The molecule has 6 heteroatoms. The van der Waals surface area contributed by atoms with Gasteiger partial charge in [0.1, 0.15) is 6.04 Å². The maximum Gasteiger partial charge on any atom is 0.326 e. The van der Waals surface area contributed by atoms with Crippen LogP contribution in [0.2, 0.25) is 0 Å². The standard InChI is InChI=1S/C14H28N2O4/c1-14(2,3)8-10(9-15)12(17)16-11(13(18)19)6-5-7-20-4/h10-11H,5-9,15H2,1-4H3,(H,16,17)(H,18,19). The molecule has 0 aromatic carbocycles. The van der Waals surface area contributed by atoms with Crippen LogP contribution in [0.25, 0.3) is 0 Å². The molecule has 0 aliphatic heterocycles. The molecule has 0 aromatic heterocycles. The smallest absolute Gasteiger partial charge is 0.326 e. The molecular weight excluding hydrogens is 260 g/mol. The molecule has 6 nitrogen and oxygen atoms in total. The Kier molecular flexibility index (Phi) is 8.41. The number of hydrogen-bond donors (Lipinski definition) is 3. The minimum Gasteiger partial charge on any atom is -0.480 e. The number of carboxylic acids is 1. The van der Waals surface area contributed by atoms with Crippen molar-refractivity contribution in [3.8, 4) is 0 Å². The lowest BCUT2D eigenvalue weighted by Crippen LogP contribution is -2.46. The Morgan fingerprint density at radius 3 is 2.35 bits per heavy atom. The van der Waals surface area contributed by atoms with Crippen LogP contribution in [0.1, 0.15) is 40.0 Å². The van der Waals surface area contributed by atoms with E-state index in [0.717, 1.165) is 0 Å². The molecule has 1 amide bonds. The fraction of sp³-hybridized carbons (Fsp3) is 0.857. The zero-order chi connectivity index (χ0) is 15.8. The van der Waals surface area contributed by atoms with Crippen molar-refractivity contribution in [1.82, 2.24) is 5.32 Å². The quantitative estimate of drug-likeness (QED) is 0.549. The topological polar surface area (TPSA) is 102 Å². The van der Waals surface area contributed by atoms with E-state index in [1.807, 2.05) is 20.8 Å². The summed E-state index contributed by atoms with van der Waals surface area (Å²) in [6, 6.07) is -0.883. The molecule has 2 unspecified atom stereocenters. The van der Waals surface area contributed by atoms with Crippen molar-refractivity contribution >= 4 is 11.9 Å². The van der Waals surface area contributed by atoms with Gasteiger partial charge in [-0.2, -0.15) is 0 Å². The van der Waals surface area contributed by atoms with Crippen LogP contribution in [-0.2, 0) is 14.3 Å². The number of carboxylic acid groups (broad SMARTS) is 1. The second-order valence-corrected chi connectivity index (χ2v) is 6.23. The van der Waals surface area contributed by atoms with Gasteiger partial charge in [-0.15, -0.1) is 0 Å². The van der Waals surface area contributed by atoms with E-state index in [1.54, 1.807) is 7.11 Å². The number of carbonyl (C=O) groups is 2. The number of aliphatic carboxylic acids is 1. The molecule has 0 saturated heterocycles. The number of carbonyl (C=O) groups excluding carboxylic acids is 1. The van der Waals surface area contributed by atoms with Crippen molar-refractivity contribution in [3.63, 3.8) is 0 Å². The lowest BCUT2D eigenvalue weighted by molar-refractivity contribution is -0.142. The number of rotatable bonds is 9. The van der Waals surface area contributed by atoms with Gasteiger partial charge in [0, 0.05) is 20.3 Å². The lowest BCUT2D eigenvalue weighted by atomic mass is 9.84. The van der Waals surface area contributed by atoms with Crippen molar-refractivity contribution in [1.29, 1.82) is 0 Å². The molecule has 0 saturated carbocycles. The largest absolute Gasteiger partial charge is 0.480 e. The average molecular weight is 288 g/mol. The first kappa shape index (κ1) is 18.9. The van der Waals surface area contributed by atoms with Crippen LogP contribution in [0.5, 0.6) is 0 Å². The van der Waals surface area contributed by atoms with Crippen LogP contribution in [0.3, 0.4) is 0 Å². The van der Waals surface area contributed by atoms with Crippen LogP contribution in [0, 0.1) is 11.3 Å². The highest BCUT2D eigenvalue weighted by molar-refractivity contribution is 5.85. The van der Waals surface area contributed by atoms with E-state index in [4.69, 9.17) is 15.6 Å². The first-order valence-corrected chi connectivity index (χ1v) is 6.93. The molecule has 0 bridgehead atoms. The van der Waals surface area contributed by atoms with Crippen molar-refractivity contribution in [2.75, 3.05) is 20.3 Å². The Hall–Kier alpha value is -1.14. The minimum absolute atomic E-state index is 0.0316. The van der Waals surface area contributed by atoms with Gasteiger partial charge in [0.25, 0.3) is 0 Å². The van der Waals surface area contributed by atoms with E-state index in [2.05, 4.69) is 5.32 Å². The highest BCUT2D eigenvalue weighted by Crippen LogP contribution is 2.24. The van der Waals surface area contributed by atoms with Gasteiger partial charge in [-0.1, -0.05) is 20.8 Å². The number of nitrogens with one attached hydrogen (secondary N) is 1. The third kappa shape index (κ3) is 8.12. The summed E-state index contributed by atoms with van der Waals surface area (Å²) in [5.74, 6) is -1.67. The third-order valence-corrected chi connectivity index (χ3v) is 2.97. The van der Waals surface area contributed by atoms with Crippen LogP contribution in [0.4, 0.5) is 0 Å². The SMILES string of the molecule is COCCCC(NC(=O)C(CN)CC(C)(C)C)C(=O)O. The van der Waals surface area contributed by atoms with Crippen LogP contribution in [-0.4, -0.2) is 43.3 Å². The molecule has 0 aliphatic rings. The van der Waals surface area contributed by atoms with E-state index in [1.165, 1.54) is 0 Å². The number of nitrogens with two attached hydrogens (primary N) is 1. The lowest BCUT2D eigenvalue weighted by Gasteiger charge is -2.25. The Morgan fingerprint density at radius 1 is 1.35 bits per heavy atom. The Labute approximate surface area is 121 Å². The number of methoxy groups -OCH3 is 1. The van der Waals surface area contributed by atoms with Crippen LogP contribution >= 0.6 is 0 Å². The molecule has 0 radical (unpaired) electrons. The molecular formula is C14H28N2O4. The number of hydrogen-bond acceptors (Lipinski definition) is 4. The molecule has 0 rings (SSSR count). The molecule has 0 aliphatic carbocycles. The molecule has 0 aromatic rings. The molecule has 20 heavy (non-hydrogen) atoms. The zero-order valence-electron chi connectivity index (χ0n) is 12.9. The third-order valence-electron chi connectivity index (χ3n) is 2.97. The maximum absolute atomic E-state index is 12.1. The van der Waals surface area contributed by atoms with Gasteiger partial charge in [-0.3, -0.25) is 4.79 Å². The predicted molar refractivity (Wildman–Crippen MR) is 77.3 cm³/mol. The van der Waals surface area contributed by atoms with Crippen molar-refractivity contribution in [2.24, 2.45) is 17.1 Å².